The van der Waals surface area contributed by atoms with Crippen LogP contribution in [0.25, 0.3) is 11.3 Å². The maximum atomic E-state index is 12.4. The number of nitrogens with zero attached hydrogens (tertiary/aromatic N) is 2. The molecule has 0 radical (unpaired) electrons. The molecule has 1 unspecified atom stereocenters. The molecular weight excluding hydrogens is 346 g/mol. The SMILES string of the molecule is O=C(Nc1nc(-c2ccc(Cl)cc2)cs1)C1CC(=O)N(C2CC2)C1. The van der Waals surface area contributed by atoms with Gasteiger partial charge in [-0.1, -0.05) is 23.7 Å². The highest BCUT2D eigenvalue weighted by Crippen LogP contribution is 2.33. The van der Waals surface area contributed by atoms with Crippen LogP contribution in [0.4, 0.5) is 5.13 Å². The number of thiazole rings is 1. The Labute approximate surface area is 148 Å². The lowest BCUT2D eigenvalue weighted by atomic mass is 10.1. The van der Waals surface area contributed by atoms with Crippen LogP contribution in [-0.4, -0.2) is 34.3 Å². The number of nitrogens with one attached hydrogen (secondary N) is 1. The van der Waals surface area contributed by atoms with Gasteiger partial charge < -0.3 is 10.2 Å². The minimum Gasteiger partial charge on any atom is -0.339 e. The standard InChI is InChI=1S/C17H16ClN3O2S/c18-12-3-1-10(2-4-12)14-9-24-17(19-14)20-16(23)11-7-15(22)21(8-11)13-5-6-13/h1-4,9,11,13H,5-8H2,(H,19,20,23). The van der Waals surface area contributed by atoms with Crippen molar-refractivity contribution >= 4 is 39.9 Å². The van der Waals surface area contributed by atoms with Gasteiger partial charge >= 0.3 is 0 Å². The molecule has 1 saturated carbocycles. The molecule has 7 heteroatoms. The first-order valence-corrected chi connectivity index (χ1v) is 9.18. The Kier molecular flexibility index (Phi) is 4.02. The number of carbonyl (C=O) groups excluding carboxylic acids is 2. The van der Waals surface area contributed by atoms with Gasteiger partial charge in [0.25, 0.3) is 0 Å². The molecule has 0 bridgehead atoms. The topological polar surface area (TPSA) is 62.3 Å². The molecule has 2 aromatic rings. The van der Waals surface area contributed by atoms with Crippen LogP contribution in [0.3, 0.4) is 0 Å². The molecule has 24 heavy (non-hydrogen) atoms. The minimum atomic E-state index is -0.277. The molecule has 1 aliphatic heterocycles. The Bertz CT molecular complexity index is 785. The average molecular weight is 362 g/mol. The van der Waals surface area contributed by atoms with Crippen molar-refractivity contribution in [3.8, 4) is 11.3 Å². The highest BCUT2D eigenvalue weighted by Gasteiger charge is 2.41. The van der Waals surface area contributed by atoms with Gasteiger partial charge in [0.15, 0.2) is 5.13 Å². The largest absolute Gasteiger partial charge is 0.339 e. The summed E-state index contributed by atoms with van der Waals surface area (Å²) in [6.07, 6.45) is 2.44. The molecule has 1 aromatic heterocycles. The third kappa shape index (κ3) is 3.16. The fraction of sp³-hybridized carbons (Fsp3) is 0.353. The second kappa shape index (κ2) is 6.18. The van der Waals surface area contributed by atoms with Crippen molar-refractivity contribution in [1.82, 2.24) is 9.88 Å². The van der Waals surface area contributed by atoms with E-state index in [0.717, 1.165) is 24.1 Å². The third-order valence-electron chi connectivity index (χ3n) is 4.39. The molecule has 5 nitrogen and oxygen atoms in total. The number of amides is 2. The molecule has 2 fully saturated rings. The van der Waals surface area contributed by atoms with Gasteiger partial charge in [0, 0.05) is 35.0 Å². The number of hydrogen-bond acceptors (Lipinski definition) is 4. The molecule has 1 aromatic carbocycles. The predicted molar refractivity (Wildman–Crippen MR) is 94.0 cm³/mol. The molecular formula is C17H16ClN3O2S. The molecule has 2 heterocycles. The second-order valence-electron chi connectivity index (χ2n) is 6.21. The van der Waals surface area contributed by atoms with Gasteiger partial charge in [-0.3, -0.25) is 9.59 Å². The van der Waals surface area contributed by atoms with Crippen molar-refractivity contribution in [2.24, 2.45) is 5.92 Å². The van der Waals surface area contributed by atoms with E-state index in [1.165, 1.54) is 11.3 Å². The van der Waals surface area contributed by atoms with Crippen LogP contribution in [0.1, 0.15) is 19.3 Å². The van der Waals surface area contributed by atoms with Gasteiger partial charge in [-0.15, -0.1) is 11.3 Å². The van der Waals surface area contributed by atoms with Gasteiger partial charge in [-0.05, 0) is 25.0 Å². The Morgan fingerprint density at radius 2 is 2.04 bits per heavy atom. The third-order valence-corrected chi connectivity index (χ3v) is 5.40. The number of hydrogen-bond donors (Lipinski definition) is 1. The molecule has 2 amide bonds. The van der Waals surface area contributed by atoms with Crippen molar-refractivity contribution in [3.05, 3.63) is 34.7 Å². The van der Waals surface area contributed by atoms with Gasteiger partial charge in [-0.2, -0.15) is 0 Å². The van der Waals surface area contributed by atoms with Crippen LogP contribution in [0.15, 0.2) is 29.6 Å². The van der Waals surface area contributed by atoms with Crippen LogP contribution in [0.2, 0.25) is 5.02 Å². The summed E-state index contributed by atoms with van der Waals surface area (Å²) in [5.41, 5.74) is 1.75. The first-order chi connectivity index (χ1) is 11.6. The van der Waals surface area contributed by atoms with Crippen molar-refractivity contribution in [3.63, 3.8) is 0 Å². The minimum absolute atomic E-state index is 0.0960. The van der Waals surface area contributed by atoms with E-state index < -0.39 is 0 Å². The van der Waals surface area contributed by atoms with Crippen LogP contribution in [0, 0.1) is 5.92 Å². The highest BCUT2D eigenvalue weighted by molar-refractivity contribution is 7.14. The average Bonchev–Trinajstić information content (AvgIpc) is 3.18. The van der Waals surface area contributed by atoms with E-state index in [1.807, 2.05) is 34.5 Å². The van der Waals surface area contributed by atoms with E-state index in [0.29, 0.717) is 29.2 Å². The normalized spacial score (nSPS) is 20.5. The fourth-order valence-electron chi connectivity index (χ4n) is 2.94. The molecule has 1 atom stereocenters. The smallest absolute Gasteiger partial charge is 0.231 e. The second-order valence-corrected chi connectivity index (χ2v) is 7.51. The molecule has 1 saturated heterocycles. The molecule has 0 spiro atoms. The summed E-state index contributed by atoms with van der Waals surface area (Å²) >= 11 is 7.27. The Balaban J connectivity index is 1.41. The zero-order valence-corrected chi connectivity index (χ0v) is 14.4. The summed E-state index contributed by atoms with van der Waals surface area (Å²) in [6, 6.07) is 7.78. The molecule has 2 aliphatic rings. The highest BCUT2D eigenvalue weighted by atomic mass is 35.5. The first kappa shape index (κ1) is 15.6. The Hall–Kier alpha value is -1.92. The van der Waals surface area contributed by atoms with Gasteiger partial charge in [0.05, 0.1) is 11.6 Å². The molecule has 124 valence electrons. The number of anilines is 1. The van der Waals surface area contributed by atoms with Gasteiger partial charge in [0.1, 0.15) is 0 Å². The summed E-state index contributed by atoms with van der Waals surface area (Å²) in [5, 5.41) is 5.98. The lowest BCUT2D eigenvalue weighted by Gasteiger charge is -2.14. The number of aromatic nitrogens is 1. The Morgan fingerprint density at radius 1 is 1.29 bits per heavy atom. The van der Waals surface area contributed by atoms with Crippen molar-refractivity contribution in [2.45, 2.75) is 25.3 Å². The first-order valence-electron chi connectivity index (χ1n) is 7.92. The maximum absolute atomic E-state index is 12.4. The summed E-state index contributed by atoms with van der Waals surface area (Å²) in [7, 11) is 0. The summed E-state index contributed by atoms with van der Waals surface area (Å²) in [6.45, 7) is 0.532. The lowest BCUT2D eigenvalue weighted by Crippen LogP contribution is -2.29. The number of rotatable bonds is 4. The van der Waals surface area contributed by atoms with E-state index in [4.69, 9.17) is 11.6 Å². The molecule has 1 N–H and O–H groups in total. The Morgan fingerprint density at radius 3 is 2.75 bits per heavy atom. The molecule has 4 rings (SSSR count). The lowest BCUT2D eigenvalue weighted by molar-refractivity contribution is -0.128. The van der Waals surface area contributed by atoms with Crippen LogP contribution < -0.4 is 5.32 Å². The van der Waals surface area contributed by atoms with Crippen LogP contribution in [-0.2, 0) is 9.59 Å². The summed E-state index contributed by atoms with van der Waals surface area (Å²) in [4.78, 5) is 30.7. The summed E-state index contributed by atoms with van der Waals surface area (Å²) in [5.74, 6) is -0.303. The van der Waals surface area contributed by atoms with E-state index in [9.17, 15) is 9.59 Å². The zero-order chi connectivity index (χ0) is 16.7. The van der Waals surface area contributed by atoms with E-state index in [2.05, 4.69) is 10.3 Å². The quantitative estimate of drug-likeness (QED) is 0.907. The number of likely N-dealkylation sites (tertiary alicyclic amines) is 1. The summed E-state index contributed by atoms with van der Waals surface area (Å²) < 4.78 is 0. The van der Waals surface area contributed by atoms with Crippen molar-refractivity contribution < 1.29 is 9.59 Å². The maximum Gasteiger partial charge on any atom is 0.231 e. The fourth-order valence-corrected chi connectivity index (χ4v) is 3.79. The predicted octanol–water partition coefficient (Wildman–Crippen LogP) is 3.41. The van der Waals surface area contributed by atoms with E-state index in [-0.39, 0.29) is 17.7 Å². The zero-order valence-electron chi connectivity index (χ0n) is 12.9. The van der Waals surface area contributed by atoms with Crippen molar-refractivity contribution in [1.29, 1.82) is 0 Å². The molecule has 1 aliphatic carbocycles. The van der Waals surface area contributed by atoms with E-state index >= 15 is 0 Å². The van der Waals surface area contributed by atoms with Gasteiger partial charge in [0.2, 0.25) is 11.8 Å². The van der Waals surface area contributed by atoms with Crippen molar-refractivity contribution in [2.75, 3.05) is 11.9 Å². The van der Waals surface area contributed by atoms with Gasteiger partial charge in [-0.25, -0.2) is 4.98 Å². The van der Waals surface area contributed by atoms with Crippen LogP contribution >= 0.6 is 22.9 Å². The number of benzene rings is 1. The number of carbonyl (C=O) groups is 2. The number of halogens is 1. The van der Waals surface area contributed by atoms with E-state index in [1.54, 1.807) is 0 Å². The van der Waals surface area contributed by atoms with Crippen LogP contribution in [0.5, 0.6) is 0 Å². The monoisotopic (exact) mass is 361 g/mol.